The molecule has 1 aliphatic carbocycles. The lowest BCUT2D eigenvalue weighted by Crippen LogP contribution is -2.29. The molecule has 1 N–H and O–H groups in total. The normalized spacial score (nSPS) is 23.3. The molecule has 0 saturated carbocycles. The number of hydrogen-bond donors (Lipinski definition) is 1. The predicted octanol–water partition coefficient (Wildman–Crippen LogP) is 5.32. The van der Waals surface area contributed by atoms with E-state index in [9.17, 15) is 18.0 Å². The lowest BCUT2D eigenvalue weighted by atomic mass is 9.76. The second kappa shape index (κ2) is 6.44. The molecule has 6 heteroatoms. The van der Waals surface area contributed by atoms with E-state index in [2.05, 4.69) is 5.32 Å². The Balaban J connectivity index is 1.69. The van der Waals surface area contributed by atoms with Gasteiger partial charge in [-0.2, -0.15) is 13.2 Å². The number of carbonyl (C=O) groups excluding carboxylic acids is 1. The van der Waals surface area contributed by atoms with E-state index in [1.807, 2.05) is 24.3 Å². The number of esters is 1. The van der Waals surface area contributed by atoms with Gasteiger partial charge in [0.05, 0.1) is 24.3 Å². The van der Waals surface area contributed by atoms with Crippen molar-refractivity contribution < 1.29 is 22.7 Å². The molecule has 0 amide bonds. The van der Waals surface area contributed by atoms with E-state index in [1.54, 1.807) is 12.1 Å². The first-order valence-corrected chi connectivity index (χ1v) is 8.71. The Kier molecular flexibility index (Phi) is 4.21. The molecule has 2 aliphatic rings. The standard InChI is InChI=1S/C21H18F3NO2/c1-27-20(26)13-7-5-12(6-8-13)19-16-4-2-3-15(16)17-11-14(21(22,23)24)9-10-18(17)25-19/h2-3,5-11,15-16,19,25H,4H2,1H3/t15-,16+,19-/m0/s1. The molecular formula is C21H18F3NO2. The average Bonchev–Trinajstić information content (AvgIpc) is 3.16. The Morgan fingerprint density at radius 1 is 1.15 bits per heavy atom. The molecule has 2 aromatic carbocycles. The molecule has 3 nitrogen and oxygen atoms in total. The van der Waals surface area contributed by atoms with Crippen molar-refractivity contribution in [2.75, 3.05) is 12.4 Å². The quantitative estimate of drug-likeness (QED) is 0.572. The smallest absolute Gasteiger partial charge is 0.416 e. The summed E-state index contributed by atoms with van der Waals surface area (Å²) in [6.07, 6.45) is 0.465. The third kappa shape index (κ3) is 3.09. The van der Waals surface area contributed by atoms with Gasteiger partial charge >= 0.3 is 12.1 Å². The van der Waals surface area contributed by atoms with Crippen molar-refractivity contribution in [3.8, 4) is 0 Å². The van der Waals surface area contributed by atoms with Crippen LogP contribution >= 0.6 is 0 Å². The molecule has 0 radical (unpaired) electrons. The molecule has 0 aromatic heterocycles. The van der Waals surface area contributed by atoms with E-state index in [0.717, 1.165) is 23.7 Å². The fourth-order valence-electron chi connectivity index (χ4n) is 4.05. The minimum absolute atomic E-state index is 0.0408. The fourth-order valence-corrected chi connectivity index (χ4v) is 4.05. The van der Waals surface area contributed by atoms with Crippen molar-refractivity contribution in [1.82, 2.24) is 0 Å². The van der Waals surface area contributed by atoms with Crippen LogP contribution in [0.1, 0.15) is 45.4 Å². The Morgan fingerprint density at radius 2 is 1.89 bits per heavy atom. The monoisotopic (exact) mass is 373 g/mol. The van der Waals surface area contributed by atoms with Crippen LogP contribution in [0.25, 0.3) is 0 Å². The van der Waals surface area contributed by atoms with Gasteiger partial charge in [-0.15, -0.1) is 0 Å². The number of halogens is 3. The summed E-state index contributed by atoms with van der Waals surface area (Å²) in [6.45, 7) is 0. The van der Waals surface area contributed by atoms with Gasteiger partial charge in [0.2, 0.25) is 0 Å². The largest absolute Gasteiger partial charge is 0.465 e. The SMILES string of the molecule is COC(=O)c1ccc([C@@H]2Nc3ccc(C(F)(F)F)cc3[C@H]3C=CC[C@H]32)cc1. The first-order chi connectivity index (χ1) is 12.9. The van der Waals surface area contributed by atoms with Crippen LogP contribution in [0.15, 0.2) is 54.6 Å². The molecule has 4 rings (SSSR count). The average molecular weight is 373 g/mol. The molecule has 2 aromatic rings. The molecule has 0 unspecified atom stereocenters. The molecule has 140 valence electrons. The number of alkyl halides is 3. The lowest BCUT2D eigenvalue weighted by molar-refractivity contribution is -0.137. The third-order valence-electron chi connectivity index (χ3n) is 5.38. The van der Waals surface area contributed by atoms with Crippen LogP contribution in [0, 0.1) is 5.92 Å². The molecule has 0 spiro atoms. The van der Waals surface area contributed by atoms with Crippen molar-refractivity contribution in [2.24, 2.45) is 5.92 Å². The summed E-state index contributed by atoms with van der Waals surface area (Å²) in [5.74, 6) is -0.331. The number of anilines is 1. The van der Waals surface area contributed by atoms with Crippen LogP contribution < -0.4 is 5.32 Å². The highest BCUT2D eigenvalue weighted by Gasteiger charge is 2.40. The van der Waals surface area contributed by atoms with E-state index in [4.69, 9.17) is 4.74 Å². The highest BCUT2D eigenvalue weighted by atomic mass is 19.4. The number of hydrogen-bond acceptors (Lipinski definition) is 3. The summed E-state index contributed by atoms with van der Waals surface area (Å²) in [5.41, 5.74) is 2.24. The van der Waals surface area contributed by atoms with Gasteiger partial charge < -0.3 is 10.1 Å². The summed E-state index contributed by atoms with van der Waals surface area (Å²) in [5, 5.41) is 3.40. The van der Waals surface area contributed by atoms with Crippen LogP contribution in [-0.4, -0.2) is 13.1 Å². The maximum absolute atomic E-state index is 13.1. The fraction of sp³-hybridized carbons (Fsp3) is 0.286. The molecular weight excluding hydrogens is 355 g/mol. The molecule has 1 heterocycles. The molecule has 27 heavy (non-hydrogen) atoms. The Hall–Kier alpha value is -2.76. The maximum atomic E-state index is 13.1. The minimum atomic E-state index is -4.35. The van der Waals surface area contributed by atoms with E-state index < -0.39 is 17.7 Å². The molecule has 1 aliphatic heterocycles. The van der Waals surface area contributed by atoms with Crippen molar-refractivity contribution in [3.05, 3.63) is 76.9 Å². The number of carbonyl (C=O) groups is 1. The number of allylic oxidation sites excluding steroid dienone is 2. The van der Waals surface area contributed by atoms with Gasteiger partial charge in [-0.05, 0) is 53.8 Å². The van der Waals surface area contributed by atoms with Crippen molar-refractivity contribution >= 4 is 11.7 Å². The van der Waals surface area contributed by atoms with Gasteiger partial charge in [0, 0.05) is 11.6 Å². The number of rotatable bonds is 2. The number of benzene rings is 2. The molecule has 0 fully saturated rings. The summed E-state index contributed by atoms with van der Waals surface area (Å²) in [4.78, 5) is 11.6. The highest BCUT2D eigenvalue weighted by Crippen LogP contribution is 2.50. The molecule has 3 atom stereocenters. The zero-order valence-corrected chi connectivity index (χ0v) is 14.6. The van der Waals surface area contributed by atoms with Crippen LogP contribution in [0.3, 0.4) is 0 Å². The Labute approximate surface area is 154 Å². The van der Waals surface area contributed by atoms with Crippen molar-refractivity contribution in [2.45, 2.75) is 24.6 Å². The first-order valence-electron chi connectivity index (χ1n) is 8.71. The maximum Gasteiger partial charge on any atom is 0.416 e. The van der Waals surface area contributed by atoms with Crippen molar-refractivity contribution in [3.63, 3.8) is 0 Å². The van der Waals surface area contributed by atoms with Crippen molar-refractivity contribution in [1.29, 1.82) is 0 Å². The minimum Gasteiger partial charge on any atom is -0.465 e. The van der Waals surface area contributed by atoms with Crippen LogP contribution in [0.2, 0.25) is 0 Å². The second-order valence-corrected chi connectivity index (χ2v) is 6.89. The summed E-state index contributed by atoms with van der Waals surface area (Å²) >= 11 is 0. The summed E-state index contributed by atoms with van der Waals surface area (Å²) in [7, 11) is 1.33. The second-order valence-electron chi connectivity index (χ2n) is 6.89. The Morgan fingerprint density at radius 3 is 2.56 bits per heavy atom. The predicted molar refractivity (Wildman–Crippen MR) is 95.6 cm³/mol. The van der Waals surface area contributed by atoms with Gasteiger partial charge in [-0.1, -0.05) is 24.3 Å². The summed E-state index contributed by atoms with van der Waals surface area (Å²) in [6, 6.07) is 11.0. The van der Waals surface area contributed by atoms with Crippen LogP contribution in [0.4, 0.5) is 18.9 Å². The summed E-state index contributed by atoms with van der Waals surface area (Å²) < 4.78 is 44.0. The molecule has 0 bridgehead atoms. The molecule has 0 saturated heterocycles. The van der Waals surface area contributed by atoms with Gasteiger partial charge in [0.1, 0.15) is 0 Å². The Bertz CT molecular complexity index is 903. The van der Waals surface area contributed by atoms with Gasteiger partial charge in [0.15, 0.2) is 0 Å². The van der Waals surface area contributed by atoms with E-state index in [-0.39, 0.29) is 17.9 Å². The van der Waals surface area contributed by atoms with E-state index >= 15 is 0 Å². The zero-order chi connectivity index (χ0) is 19.2. The first kappa shape index (κ1) is 17.6. The zero-order valence-electron chi connectivity index (χ0n) is 14.6. The van der Waals surface area contributed by atoms with Gasteiger partial charge in [-0.25, -0.2) is 4.79 Å². The number of nitrogens with one attached hydrogen (secondary N) is 1. The van der Waals surface area contributed by atoms with E-state index in [1.165, 1.54) is 19.2 Å². The number of fused-ring (bicyclic) bond motifs is 3. The van der Waals surface area contributed by atoms with Crippen LogP contribution in [-0.2, 0) is 10.9 Å². The third-order valence-corrected chi connectivity index (χ3v) is 5.38. The van der Waals surface area contributed by atoms with Gasteiger partial charge in [-0.3, -0.25) is 0 Å². The van der Waals surface area contributed by atoms with E-state index in [0.29, 0.717) is 11.1 Å². The number of ether oxygens (including phenoxy) is 1. The topological polar surface area (TPSA) is 38.3 Å². The van der Waals surface area contributed by atoms with Crippen LogP contribution in [0.5, 0.6) is 0 Å². The highest BCUT2D eigenvalue weighted by molar-refractivity contribution is 5.89. The lowest BCUT2D eigenvalue weighted by Gasteiger charge is -2.38. The van der Waals surface area contributed by atoms with Gasteiger partial charge in [0.25, 0.3) is 0 Å². The number of methoxy groups -OCH3 is 1.